The molecule has 5 rings (SSSR count). The van der Waals surface area contributed by atoms with E-state index in [1.165, 1.54) is 37.9 Å². The van der Waals surface area contributed by atoms with Crippen LogP contribution < -0.4 is 5.32 Å². The summed E-state index contributed by atoms with van der Waals surface area (Å²) in [5.41, 5.74) is 1.39. The monoisotopic (exact) mass is 539 g/mol. The largest absolute Gasteiger partial charge is 0.373 e. The molecule has 1 saturated carbocycles. The van der Waals surface area contributed by atoms with Gasteiger partial charge in [-0.3, -0.25) is 9.89 Å². The molecule has 1 aromatic rings. The smallest absolute Gasteiger partial charge is 0.194 e. The molecule has 1 aromatic carbocycles. The van der Waals surface area contributed by atoms with Crippen LogP contribution in [0.25, 0.3) is 0 Å². The van der Waals surface area contributed by atoms with E-state index in [1.807, 2.05) is 0 Å². The fourth-order valence-electron chi connectivity index (χ4n) is 5.37. The molecule has 6 nitrogen and oxygen atoms in total. The van der Waals surface area contributed by atoms with Crippen molar-refractivity contribution in [2.45, 2.75) is 50.9 Å². The molecule has 3 atom stereocenters. The van der Waals surface area contributed by atoms with Gasteiger partial charge in [0.05, 0.1) is 18.8 Å². The van der Waals surface area contributed by atoms with Gasteiger partial charge in [0.1, 0.15) is 0 Å². The van der Waals surface area contributed by atoms with Crippen LogP contribution in [-0.4, -0.2) is 91.3 Å². The van der Waals surface area contributed by atoms with Gasteiger partial charge in [-0.05, 0) is 44.2 Å². The molecule has 172 valence electrons. The fraction of sp³-hybridized carbons (Fsp3) is 0.708. The second-order valence-electron chi connectivity index (χ2n) is 9.41. The third-order valence-electron chi connectivity index (χ3n) is 7.16. The second-order valence-corrected chi connectivity index (χ2v) is 9.41. The maximum atomic E-state index is 6.18. The van der Waals surface area contributed by atoms with E-state index in [2.05, 4.69) is 57.3 Å². The molecule has 0 spiro atoms. The lowest BCUT2D eigenvalue weighted by molar-refractivity contribution is -0.0502. The fourth-order valence-corrected chi connectivity index (χ4v) is 5.37. The van der Waals surface area contributed by atoms with Gasteiger partial charge in [-0.15, -0.1) is 24.0 Å². The first-order valence-electron chi connectivity index (χ1n) is 12.0. The molecule has 1 N–H and O–H groups in total. The molecular formula is C24H38IN5O. The van der Waals surface area contributed by atoms with Crippen LogP contribution in [0.3, 0.4) is 0 Å². The van der Waals surface area contributed by atoms with Crippen LogP contribution in [0.15, 0.2) is 35.3 Å². The summed E-state index contributed by atoms with van der Waals surface area (Å²) in [5, 5.41) is 3.56. The number of guanidine groups is 1. The van der Waals surface area contributed by atoms with Crippen molar-refractivity contribution in [3.8, 4) is 0 Å². The summed E-state index contributed by atoms with van der Waals surface area (Å²) < 4.78 is 6.18. The molecule has 3 unspecified atom stereocenters. The molecule has 3 aliphatic heterocycles. The summed E-state index contributed by atoms with van der Waals surface area (Å²) in [6.07, 6.45) is 4.41. The number of halogens is 1. The van der Waals surface area contributed by atoms with Crippen molar-refractivity contribution in [1.82, 2.24) is 20.0 Å². The third kappa shape index (κ3) is 5.72. The summed E-state index contributed by atoms with van der Waals surface area (Å²) in [7, 11) is 0. The van der Waals surface area contributed by atoms with Gasteiger partial charge in [0, 0.05) is 51.9 Å². The normalized spacial score (nSPS) is 29.6. The molecule has 3 heterocycles. The van der Waals surface area contributed by atoms with Crippen LogP contribution >= 0.6 is 24.0 Å². The number of morpholine rings is 1. The zero-order chi connectivity index (χ0) is 20.3. The molecule has 1 aliphatic carbocycles. The molecule has 7 heteroatoms. The highest BCUT2D eigenvalue weighted by molar-refractivity contribution is 14.0. The van der Waals surface area contributed by atoms with Crippen molar-refractivity contribution in [2.24, 2.45) is 10.9 Å². The van der Waals surface area contributed by atoms with Gasteiger partial charge < -0.3 is 19.9 Å². The maximum absolute atomic E-state index is 6.18. The quantitative estimate of drug-likeness (QED) is 0.342. The minimum absolute atomic E-state index is 0. The Morgan fingerprint density at radius 3 is 2.71 bits per heavy atom. The summed E-state index contributed by atoms with van der Waals surface area (Å²) in [6, 6.07) is 12.2. The van der Waals surface area contributed by atoms with E-state index < -0.39 is 0 Å². The highest BCUT2D eigenvalue weighted by Crippen LogP contribution is 2.32. The van der Waals surface area contributed by atoms with E-state index in [-0.39, 0.29) is 30.1 Å². The summed E-state index contributed by atoms with van der Waals surface area (Å²) in [6.45, 7) is 11.3. The highest BCUT2D eigenvalue weighted by Gasteiger charge is 2.41. The average molecular weight is 540 g/mol. The van der Waals surface area contributed by atoms with Gasteiger partial charge >= 0.3 is 0 Å². The van der Waals surface area contributed by atoms with Crippen molar-refractivity contribution in [2.75, 3.05) is 52.4 Å². The molecule has 0 radical (unpaired) electrons. The van der Waals surface area contributed by atoms with Gasteiger partial charge in [-0.2, -0.15) is 0 Å². The lowest BCUT2D eigenvalue weighted by atomic mass is 10.1. The Hall–Kier alpha value is -0.900. The van der Waals surface area contributed by atoms with Crippen LogP contribution in [0.4, 0.5) is 0 Å². The Bertz CT molecular complexity index is 728. The number of benzene rings is 1. The molecular weight excluding hydrogens is 501 g/mol. The number of ether oxygens (including phenoxy) is 1. The molecule has 4 fully saturated rings. The summed E-state index contributed by atoms with van der Waals surface area (Å²) >= 11 is 0. The molecule has 0 aromatic heterocycles. The number of hydrogen-bond donors (Lipinski definition) is 1. The standard InChI is InChI=1S/C24H37N5O.HI/c1-2-25-24(26-14-20-10-11-27(16-20)21-8-9-21)29-17-22-23(18-29)30-13-12-28(22)15-19-6-4-3-5-7-19;/h3-7,20-23H,2,8-18H2,1H3,(H,25,26);1H. The van der Waals surface area contributed by atoms with E-state index in [4.69, 9.17) is 9.73 Å². The number of fused-ring (bicyclic) bond motifs is 1. The number of likely N-dealkylation sites (tertiary alicyclic amines) is 2. The Morgan fingerprint density at radius 1 is 1.10 bits per heavy atom. The van der Waals surface area contributed by atoms with Crippen LogP contribution in [0.1, 0.15) is 31.7 Å². The Balaban J connectivity index is 0.00000231. The minimum atomic E-state index is 0. The maximum Gasteiger partial charge on any atom is 0.194 e. The van der Waals surface area contributed by atoms with Crippen LogP contribution in [0.5, 0.6) is 0 Å². The SMILES string of the molecule is CCNC(=NCC1CCN(C2CC2)C1)N1CC2OCCN(Cc3ccccc3)C2C1.I. The zero-order valence-corrected chi connectivity index (χ0v) is 21.1. The van der Waals surface area contributed by atoms with Crippen molar-refractivity contribution in [1.29, 1.82) is 0 Å². The van der Waals surface area contributed by atoms with E-state index in [0.717, 1.165) is 63.8 Å². The van der Waals surface area contributed by atoms with Gasteiger partial charge in [0.2, 0.25) is 0 Å². The number of nitrogens with zero attached hydrogens (tertiary/aromatic N) is 4. The van der Waals surface area contributed by atoms with E-state index in [0.29, 0.717) is 6.04 Å². The summed E-state index contributed by atoms with van der Waals surface area (Å²) in [4.78, 5) is 12.8. The molecule has 31 heavy (non-hydrogen) atoms. The van der Waals surface area contributed by atoms with Gasteiger partial charge in [0.25, 0.3) is 0 Å². The van der Waals surface area contributed by atoms with E-state index in [9.17, 15) is 0 Å². The second kappa shape index (κ2) is 10.8. The number of rotatable bonds is 6. The van der Waals surface area contributed by atoms with Crippen molar-refractivity contribution in [3.05, 3.63) is 35.9 Å². The Kier molecular flexibility index (Phi) is 8.11. The lowest BCUT2D eigenvalue weighted by Gasteiger charge is -2.36. The van der Waals surface area contributed by atoms with Crippen molar-refractivity contribution < 1.29 is 4.74 Å². The number of nitrogens with one attached hydrogen (secondary N) is 1. The van der Waals surface area contributed by atoms with E-state index >= 15 is 0 Å². The Morgan fingerprint density at radius 2 is 1.94 bits per heavy atom. The van der Waals surface area contributed by atoms with Crippen LogP contribution in [0.2, 0.25) is 0 Å². The van der Waals surface area contributed by atoms with Gasteiger partial charge in [0.15, 0.2) is 5.96 Å². The zero-order valence-electron chi connectivity index (χ0n) is 18.8. The summed E-state index contributed by atoms with van der Waals surface area (Å²) in [5.74, 6) is 1.80. The predicted molar refractivity (Wildman–Crippen MR) is 136 cm³/mol. The number of aliphatic imine (C=N–C) groups is 1. The minimum Gasteiger partial charge on any atom is -0.373 e. The topological polar surface area (TPSA) is 43.3 Å². The number of hydrogen-bond acceptors (Lipinski definition) is 4. The first kappa shape index (κ1) is 23.3. The van der Waals surface area contributed by atoms with E-state index in [1.54, 1.807) is 0 Å². The molecule has 4 aliphatic rings. The highest BCUT2D eigenvalue weighted by atomic mass is 127. The first-order chi connectivity index (χ1) is 14.8. The van der Waals surface area contributed by atoms with Crippen molar-refractivity contribution >= 4 is 29.9 Å². The van der Waals surface area contributed by atoms with Crippen LogP contribution in [-0.2, 0) is 11.3 Å². The first-order valence-corrected chi connectivity index (χ1v) is 12.0. The van der Waals surface area contributed by atoms with Gasteiger partial charge in [-0.1, -0.05) is 30.3 Å². The molecule has 0 bridgehead atoms. The van der Waals surface area contributed by atoms with Crippen LogP contribution in [0, 0.1) is 5.92 Å². The molecule has 3 saturated heterocycles. The Labute approximate surface area is 204 Å². The third-order valence-corrected chi connectivity index (χ3v) is 7.16. The van der Waals surface area contributed by atoms with Gasteiger partial charge in [-0.25, -0.2) is 0 Å². The average Bonchev–Trinajstić information content (AvgIpc) is 3.34. The molecule has 0 amide bonds. The van der Waals surface area contributed by atoms with Crippen molar-refractivity contribution in [3.63, 3.8) is 0 Å². The predicted octanol–water partition coefficient (Wildman–Crippen LogP) is 2.64. The lowest BCUT2D eigenvalue weighted by Crippen LogP contribution is -2.50.